The molecular weight excluding hydrogens is 180 g/mol. The predicted molar refractivity (Wildman–Crippen MR) is 55.2 cm³/mol. The van der Waals surface area contributed by atoms with Crippen molar-refractivity contribution in [3.05, 3.63) is 28.2 Å². The lowest BCUT2D eigenvalue weighted by molar-refractivity contribution is 0.556. The number of fused-ring (bicyclic) bond motifs is 1. The molecule has 4 heteroatoms. The lowest BCUT2D eigenvalue weighted by Crippen LogP contribution is -1.93. The first-order valence-corrected chi connectivity index (χ1v) is 4.62. The summed E-state index contributed by atoms with van der Waals surface area (Å²) in [6, 6.07) is 3.75. The molecule has 0 fully saturated rings. The van der Waals surface area contributed by atoms with Gasteiger partial charge in [0.05, 0.1) is 11.2 Å². The number of aromatic nitrogens is 1. The zero-order chi connectivity index (χ0) is 10.1. The molecule has 0 aliphatic heterocycles. The van der Waals surface area contributed by atoms with Gasteiger partial charge in [-0.05, 0) is 24.1 Å². The monoisotopic (exact) mass is 192 g/mol. The zero-order valence-electron chi connectivity index (χ0n) is 7.96. The molecule has 0 unspecified atom stereocenters. The molecule has 4 nitrogen and oxygen atoms in total. The zero-order valence-corrected chi connectivity index (χ0v) is 7.96. The Hall–Kier alpha value is -1.71. The first-order valence-electron chi connectivity index (χ1n) is 4.62. The van der Waals surface area contributed by atoms with Crippen LogP contribution in [-0.4, -0.2) is 4.98 Å². The van der Waals surface area contributed by atoms with Crippen LogP contribution in [0, 0.1) is 0 Å². The average Bonchev–Trinajstić information content (AvgIpc) is 2.47. The summed E-state index contributed by atoms with van der Waals surface area (Å²) in [5, 5.41) is 0. The molecule has 0 bridgehead atoms. The van der Waals surface area contributed by atoms with E-state index in [0.717, 1.165) is 18.4 Å². The van der Waals surface area contributed by atoms with Gasteiger partial charge in [0, 0.05) is 0 Å². The number of oxazole rings is 1. The van der Waals surface area contributed by atoms with Gasteiger partial charge in [-0.15, -0.1) is 0 Å². The minimum atomic E-state index is -0.458. The van der Waals surface area contributed by atoms with Crippen molar-refractivity contribution >= 4 is 16.8 Å². The second kappa shape index (κ2) is 3.21. The number of aryl methyl sites for hydroxylation is 1. The van der Waals surface area contributed by atoms with Crippen molar-refractivity contribution in [2.45, 2.75) is 19.8 Å². The fourth-order valence-electron chi connectivity index (χ4n) is 1.58. The lowest BCUT2D eigenvalue weighted by atomic mass is 10.1. The van der Waals surface area contributed by atoms with Gasteiger partial charge in [-0.3, -0.25) is 4.98 Å². The third-order valence-electron chi connectivity index (χ3n) is 2.15. The molecular formula is C10H12N2O2. The summed E-state index contributed by atoms with van der Waals surface area (Å²) in [4.78, 5) is 13.5. The SMILES string of the molecule is CCCc1cc(N)c2oc(=O)[nH]c2c1. The molecule has 1 aromatic carbocycles. The fourth-order valence-corrected chi connectivity index (χ4v) is 1.58. The smallest absolute Gasteiger partial charge is 0.406 e. The third kappa shape index (κ3) is 1.39. The van der Waals surface area contributed by atoms with Crippen molar-refractivity contribution in [1.29, 1.82) is 0 Å². The van der Waals surface area contributed by atoms with Gasteiger partial charge < -0.3 is 10.2 Å². The first-order chi connectivity index (χ1) is 6.70. The highest BCUT2D eigenvalue weighted by atomic mass is 16.4. The van der Waals surface area contributed by atoms with Crippen molar-refractivity contribution in [3.8, 4) is 0 Å². The van der Waals surface area contributed by atoms with Crippen LogP contribution in [-0.2, 0) is 6.42 Å². The van der Waals surface area contributed by atoms with Crippen molar-refractivity contribution < 1.29 is 4.42 Å². The summed E-state index contributed by atoms with van der Waals surface area (Å²) in [5.41, 5.74) is 8.52. The van der Waals surface area contributed by atoms with Crippen LogP contribution >= 0.6 is 0 Å². The van der Waals surface area contributed by atoms with Crippen molar-refractivity contribution in [1.82, 2.24) is 4.98 Å². The average molecular weight is 192 g/mol. The second-order valence-corrected chi connectivity index (χ2v) is 3.33. The number of benzene rings is 1. The van der Waals surface area contributed by atoms with E-state index in [9.17, 15) is 4.79 Å². The van der Waals surface area contributed by atoms with Gasteiger partial charge in [-0.2, -0.15) is 0 Å². The van der Waals surface area contributed by atoms with Gasteiger partial charge in [0.15, 0.2) is 5.58 Å². The van der Waals surface area contributed by atoms with Crippen LogP contribution < -0.4 is 11.5 Å². The number of nitrogens with one attached hydrogen (secondary N) is 1. The van der Waals surface area contributed by atoms with E-state index in [-0.39, 0.29) is 0 Å². The van der Waals surface area contributed by atoms with Gasteiger partial charge in [-0.25, -0.2) is 4.79 Å². The number of H-pyrrole nitrogens is 1. The van der Waals surface area contributed by atoms with Crippen LogP contribution in [0.3, 0.4) is 0 Å². The number of anilines is 1. The maximum Gasteiger partial charge on any atom is 0.417 e. The summed E-state index contributed by atoms with van der Waals surface area (Å²) in [5.74, 6) is -0.458. The van der Waals surface area contributed by atoms with E-state index in [1.54, 1.807) is 0 Å². The quantitative estimate of drug-likeness (QED) is 0.710. The molecule has 0 aliphatic rings. The minimum absolute atomic E-state index is 0.454. The Kier molecular flexibility index (Phi) is 2.04. The highest BCUT2D eigenvalue weighted by Crippen LogP contribution is 2.21. The van der Waals surface area contributed by atoms with Gasteiger partial charge in [-0.1, -0.05) is 13.3 Å². The number of nitrogen functional groups attached to an aromatic ring is 1. The maximum atomic E-state index is 10.9. The van der Waals surface area contributed by atoms with Gasteiger partial charge in [0.2, 0.25) is 0 Å². The Morgan fingerprint density at radius 1 is 1.50 bits per heavy atom. The highest BCUT2D eigenvalue weighted by molar-refractivity contribution is 5.85. The van der Waals surface area contributed by atoms with Gasteiger partial charge in [0.25, 0.3) is 0 Å². The molecule has 3 N–H and O–H groups in total. The Morgan fingerprint density at radius 2 is 2.29 bits per heavy atom. The summed E-state index contributed by atoms with van der Waals surface area (Å²) in [6.45, 7) is 2.10. The van der Waals surface area contributed by atoms with Crippen LogP contribution in [0.2, 0.25) is 0 Å². The fraction of sp³-hybridized carbons (Fsp3) is 0.300. The highest BCUT2D eigenvalue weighted by Gasteiger charge is 2.06. The maximum absolute atomic E-state index is 10.9. The summed E-state index contributed by atoms with van der Waals surface area (Å²) < 4.78 is 4.90. The Balaban J connectivity index is 2.65. The van der Waals surface area contributed by atoms with Crippen LogP contribution in [0.25, 0.3) is 11.1 Å². The van der Waals surface area contributed by atoms with Crippen LogP contribution in [0.5, 0.6) is 0 Å². The molecule has 1 aromatic heterocycles. The van der Waals surface area contributed by atoms with E-state index in [1.807, 2.05) is 12.1 Å². The van der Waals surface area contributed by atoms with Gasteiger partial charge in [0.1, 0.15) is 0 Å². The Morgan fingerprint density at radius 3 is 3.00 bits per heavy atom. The van der Waals surface area contributed by atoms with Crippen LogP contribution in [0.1, 0.15) is 18.9 Å². The molecule has 0 saturated carbocycles. The molecule has 74 valence electrons. The van der Waals surface area contributed by atoms with E-state index < -0.39 is 5.76 Å². The van der Waals surface area contributed by atoms with E-state index in [4.69, 9.17) is 10.2 Å². The van der Waals surface area contributed by atoms with Crippen LogP contribution in [0.4, 0.5) is 5.69 Å². The Labute approximate surface area is 80.7 Å². The molecule has 14 heavy (non-hydrogen) atoms. The van der Waals surface area contributed by atoms with Crippen molar-refractivity contribution in [2.75, 3.05) is 5.73 Å². The predicted octanol–water partition coefficient (Wildman–Crippen LogP) is 1.66. The largest absolute Gasteiger partial charge is 0.417 e. The minimum Gasteiger partial charge on any atom is -0.406 e. The Bertz CT molecular complexity index is 510. The topological polar surface area (TPSA) is 72.0 Å². The molecule has 0 amide bonds. The summed E-state index contributed by atoms with van der Waals surface area (Å²) in [7, 11) is 0. The second-order valence-electron chi connectivity index (χ2n) is 3.33. The van der Waals surface area contributed by atoms with Gasteiger partial charge >= 0.3 is 5.76 Å². The number of hydrogen-bond acceptors (Lipinski definition) is 3. The van der Waals surface area contributed by atoms with E-state index in [2.05, 4.69) is 11.9 Å². The van der Waals surface area contributed by atoms with E-state index >= 15 is 0 Å². The van der Waals surface area contributed by atoms with E-state index in [1.165, 1.54) is 0 Å². The first kappa shape index (κ1) is 8.87. The molecule has 0 atom stereocenters. The molecule has 0 spiro atoms. The van der Waals surface area contributed by atoms with Crippen LogP contribution in [0.15, 0.2) is 21.3 Å². The molecule has 0 radical (unpaired) electrons. The number of aromatic amines is 1. The standard InChI is InChI=1S/C10H12N2O2/c1-2-3-6-4-7(11)9-8(5-6)12-10(13)14-9/h4-5H,2-3,11H2,1H3,(H,12,13). The summed E-state index contributed by atoms with van der Waals surface area (Å²) in [6.07, 6.45) is 2.00. The molecule has 2 rings (SSSR count). The number of hydrogen-bond donors (Lipinski definition) is 2. The molecule has 0 aliphatic carbocycles. The molecule has 0 saturated heterocycles. The lowest BCUT2D eigenvalue weighted by Gasteiger charge is -2.00. The van der Waals surface area contributed by atoms with Crippen molar-refractivity contribution in [3.63, 3.8) is 0 Å². The molecule has 2 aromatic rings. The number of rotatable bonds is 2. The summed E-state index contributed by atoms with van der Waals surface area (Å²) >= 11 is 0. The molecule has 1 heterocycles. The van der Waals surface area contributed by atoms with E-state index in [0.29, 0.717) is 16.8 Å². The van der Waals surface area contributed by atoms with Crippen molar-refractivity contribution in [2.24, 2.45) is 0 Å². The number of nitrogens with two attached hydrogens (primary N) is 1. The normalized spacial score (nSPS) is 10.9. The third-order valence-corrected chi connectivity index (χ3v) is 2.15.